The van der Waals surface area contributed by atoms with Gasteiger partial charge in [0.05, 0.1) is 0 Å². The first kappa shape index (κ1) is 24.7. The van der Waals surface area contributed by atoms with Crippen molar-refractivity contribution in [2.24, 2.45) is 0 Å². The van der Waals surface area contributed by atoms with E-state index in [0.29, 0.717) is 0 Å². The second-order valence-corrected chi connectivity index (χ2v) is 2.64. The normalized spacial score (nSPS) is 6.67. The van der Waals surface area contributed by atoms with Crippen LogP contribution in [-0.2, 0) is 19.2 Å². The van der Waals surface area contributed by atoms with E-state index in [0.717, 1.165) is 20.8 Å². The van der Waals surface area contributed by atoms with E-state index in [1.54, 1.807) is 0 Å². The molecule has 0 saturated heterocycles. The highest BCUT2D eigenvalue weighted by Crippen LogP contribution is 1.81. The molecular formula is C10H18O8. The summed E-state index contributed by atoms with van der Waals surface area (Å²) in [4.78, 5) is 36.6. The molecule has 0 radical (unpaired) electrons. The molecule has 0 rings (SSSR count). The van der Waals surface area contributed by atoms with Crippen molar-refractivity contribution in [1.29, 1.82) is 0 Å². The number of carbonyl (C=O) groups is 4. The number of hydrogen-bond donors (Lipinski definition) is 4. The van der Waals surface area contributed by atoms with Crippen molar-refractivity contribution < 1.29 is 39.6 Å². The maximum atomic E-state index is 9.60. The van der Waals surface area contributed by atoms with Gasteiger partial charge in [0.15, 0.2) is 0 Å². The number of carboxylic acid groups (broad SMARTS) is 4. The van der Waals surface area contributed by atoms with Crippen molar-refractivity contribution >= 4 is 23.9 Å². The molecule has 0 aromatic rings. The Morgan fingerprint density at radius 2 is 0.722 bits per heavy atom. The van der Waals surface area contributed by atoms with Crippen molar-refractivity contribution in [1.82, 2.24) is 0 Å². The fraction of sp³-hybridized carbons (Fsp3) is 0.400. The van der Waals surface area contributed by atoms with Crippen LogP contribution in [0.1, 0.15) is 27.7 Å². The maximum absolute atomic E-state index is 9.60. The summed E-state index contributed by atoms with van der Waals surface area (Å²) in [5, 5.41) is 30.1. The molecule has 0 aromatic heterocycles. The number of aliphatic carboxylic acids is 4. The van der Waals surface area contributed by atoms with Gasteiger partial charge in [0.1, 0.15) is 0 Å². The fourth-order valence-corrected chi connectivity index (χ4v) is 0. The van der Waals surface area contributed by atoms with Crippen LogP contribution in [0, 0.1) is 0 Å². The van der Waals surface area contributed by atoms with E-state index in [1.165, 1.54) is 6.92 Å². The Morgan fingerprint density at radius 1 is 0.667 bits per heavy atom. The Hall–Kier alpha value is -2.38. The Morgan fingerprint density at radius 3 is 0.722 bits per heavy atom. The average Bonchev–Trinajstić information content (AvgIpc) is 1.99. The van der Waals surface area contributed by atoms with Crippen LogP contribution in [0.2, 0.25) is 0 Å². The minimum Gasteiger partial charge on any atom is -0.481 e. The fourth-order valence-electron chi connectivity index (χ4n) is 0. The first-order chi connectivity index (χ1) is 7.84. The molecule has 0 atom stereocenters. The third kappa shape index (κ3) is 827. The Balaban J connectivity index is -0.0000000742. The van der Waals surface area contributed by atoms with Gasteiger partial charge < -0.3 is 20.4 Å². The average molecular weight is 266 g/mol. The van der Waals surface area contributed by atoms with E-state index in [9.17, 15) is 4.79 Å². The smallest absolute Gasteiger partial charge is 0.330 e. The van der Waals surface area contributed by atoms with Gasteiger partial charge in [-0.05, 0) is 6.92 Å². The lowest BCUT2D eigenvalue weighted by Gasteiger charge is -1.79. The van der Waals surface area contributed by atoms with Gasteiger partial charge in [-0.15, -0.1) is 0 Å². The monoisotopic (exact) mass is 266 g/mol. The molecule has 0 saturated carbocycles. The lowest BCUT2D eigenvalue weighted by atomic mass is 10.4. The molecule has 106 valence electrons. The van der Waals surface area contributed by atoms with Gasteiger partial charge in [0.2, 0.25) is 0 Å². The van der Waals surface area contributed by atoms with Crippen LogP contribution in [0.5, 0.6) is 0 Å². The lowest BCUT2D eigenvalue weighted by Crippen LogP contribution is -1.92. The molecule has 0 amide bonds. The maximum Gasteiger partial charge on any atom is 0.330 e. The molecule has 0 heterocycles. The summed E-state index contributed by atoms with van der Waals surface area (Å²) in [6.07, 6.45) is 0. The predicted octanol–water partition coefficient (Wildman–Crippen LogP) is 0.920. The molecule has 0 bridgehead atoms. The molecule has 0 aliphatic rings. The molecule has 18 heavy (non-hydrogen) atoms. The van der Waals surface area contributed by atoms with Gasteiger partial charge in [-0.3, -0.25) is 14.4 Å². The third-order valence-electron chi connectivity index (χ3n) is 0.365. The van der Waals surface area contributed by atoms with Crippen LogP contribution in [0.4, 0.5) is 0 Å². The van der Waals surface area contributed by atoms with Gasteiger partial charge in [-0.25, -0.2) is 4.79 Å². The molecule has 0 aliphatic heterocycles. The van der Waals surface area contributed by atoms with Gasteiger partial charge in [-0.1, -0.05) is 6.58 Å². The quantitative estimate of drug-likeness (QED) is 0.511. The van der Waals surface area contributed by atoms with E-state index in [1.807, 2.05) is 0 Å². The highest BCUT2D eigenvalue weighted by Gasteiger charge is 1.90. The summed E-state index contributed by atoms with van der Waals surface area (Å²) in [6, 6.07) is 0. The SMILES string of the molecule is C=C(C)C(=O)O.CC(=O)O.CC(=O)O.CC(=O)O. The van der Waals surface area contributed by atoms with Crippen molar-refractivity contribution in [2.45, 2.75) is 27.7 Å². The van der Waals surface area contributed by atoms with Crippen LogP contribution in [0.15, 0.2) is 12.2 Å². The summed E-state index contributed by atoms with van der Waals surface area (Å²) in [6.45, 7) is 7.85. The van der Waals surface area contributed by atoms with Crippen LogP contribution < -0.4 is 0 Å². The highest BCUT2D eigenvalue weighted by atomic mass is 16.4. The van der Waals surface area contributed by atoms with Crippen LogP contribution in [0.3, 0.4) is 0 Å². The summed E-state index contributed by atoms with van der Waals surface area (Å²) >= 11 is 0. The van der Waals surface area contributed by atoms with Gasteiger partial charge in [-0.2, -0.15) is 0 Å². The van der Waals surface area contributed by atoms with E-state index in [4.69, 9.17) is 34.8 Å². The first-order valence-electron chi connectivity index (χ1n) is 4.31. The second-order valence-electron chi connectivity index (χ2n) is 2.64. The number of rotatable bonds is 1. The Bertz CT molecular complexity index is 240. The van der Waals surface area contributed by atoms with Crippen LogP contribution >= 0.6 is 0 Å². The van der Waals surface area contributed by atoms with E-state index >= 15 is 0 Å². The van der Waals surface area contributed by atoms with Gasteiger partial charge in [0, 0.05) is 26.3 Å². The summed E-state index contributed by atoms with van der Waals surface area (Å²) < 4.78 is 0. The van der Waals surface area contributed by atoms with E-state index < -0.39 is 23.9 Å². The molecule has 8 nitrogen and oxygen atoms in total. The largest absolute Gasteiger partial charge is 0.481 e. The van der Waals surface area contributed by atoms with Crippen molar-refractivity contribution in [3.05, 3.63) is 12.2 Å². The molecule has 0 unspecified atom stereocenters. The first-order valence-corrected chi connectivity index (χ1v) is 4.31. The summed E-state index contributed by atoms with van der Waals surface area (Å²) in [5.41, 5.74) is 0.176. The van der Waals surface area contributed by atoms with Crippen LogP contribution in [0.25, 0.3) is 0 Å². The third-order valence-corrected chi connectivity index (χ3v) is 0.365. The molecular weight excluding hydrogens is 248 g/mol. The number of hydrogen-bond acceptors (Lipinski definition) is 4. The van der Waals surface area contributed by atoms with Crippen LogP contribution in [-0.4, -0.2) is 44.3 Å². The second kappa shape index (κ2) is 17.0. The molecule has 0 aliphatic carbocycles. The van der Waals surface area contributed by atoms with E-state index in [-0.39, 0.29) is 5.57 Å². The molecule has 0 aromatic carbocycles. The molecule has 8 heteroatoms. The van der Waals surface area contributed by atoms with Gasteiger partial charge in [0.25, 0.3) is 17.9 Å². The minimum absolute atomic E-state index is 0.176. The van der Waals surface area contributed by atoms with Crippen molar-refractivity contribution in [3.8, 4) is 0 Å². The summed E-state index contributed by atoms with van der Waals surface area (Å²) in [5.74, 6) is -3.44. The molecule has 0 spiro atoms. The van der Waals surface area contributed by atoms with Crippen molar-refractivity contribution in [2.75, 3.05) is 0 Å². The zero-order valence-electron chi connectivity index (χ0n) is 10.6. The Labute approximate surface area is 104 Å². The summed E-state index contributed by atoms with van der Waals surface area (Å²) in [7, 11) is 0. The Kier molecular flexibility index (Phi) is 23.4. The zero-order valence-corrected chi connectivity index (χ0v) is 10.6. The highest BCUT2D eigenvalue weighted by molar-refractivity contribution is 5.84. The van der Waals surface area contributed by atoms with E-state index in [2.05, 4.69) is 6.58 Å². The van der Waals surface area contributed by atoms with Crippen molar-refractivity contribution in [3.63, 3.8) is 0 Å². The van der Waals surface area contributed by atoms with Gasteiger partial charge >= 0.3 is 5.97 Å². The minimum atomic E-state index is -0.935. The number of carboxylic acids is 4. The standard InChI is InChI=1S/C4H6O2.3C2H4O2/c1-3(2)4(5)6;3*1-2(3)4/h1H2,2H3,(H,5,6);3*1H3,(H,3,4). The lowest BCUT2D eigenvalue weighted by molar-refractivity contribution is -0.135. The zero-order chi connectivity index (χ0) is 15.9. The topological polar surface area (TPSA) is 149 Å². The predicted molar refractivity (Wildman–Crippen MR) is 62.4 cm³/mol. The molecule has 0 fully saturated rings. The molecule has 4 N–H and O–H groups in total.